The number of rotatable bonds is 3. The molecule has 4 rings (SSSR count). The lowest BCUT2D eigenvalue weighted by atomic mass is 9.98. The van der Waals surface area contributed by atoms with Gasteiger partial charge in [-0.1, -0.05) is 56.0 Å². The van der Waals surface area contributed by atoms with Crippen molar-refractivity contribution in [1.82, 2.24) is 5.32 Å². The summed E-state index contributed by atoms with van der Waals surface area (Å²) >= 11 is 0. The maximum Gasteiger partial charge on any atom is 0.258 e. The summed E-state index contributed by atoms with van der Waals surface area (Å²) in [6, 6.07) is 16.1. The summed E-state index contributed by atoms with van der Waals surface area (Å²) in [7, 11) is 0. The fourth-order valence-electron chi connectivity index (χ4n) is 3.97. The molecule has 2 aromatic carbocycles. The van der Waals surface area contributed by atoms with Crippen molar-refractivity contribution in [2.45, 2.75) is 44.6 Å². The van der Waals surface area contributed by atoms with Crippen LogP contribution in [0.3, 0.4) is 0 Å². The molecule has 134 valence electrons. The monoisotopic (exact) mass is 347 g/mol. The van der Waals surface area contributed by atoms with Crippen LogP contribution in [0.4, 0.5) is 11.4 Å². The molecule has 0 bridgehead atoms. The van der Waals surface area contributed by atoms with Crippen LogP contribution >= 0.6 is 0 Å². The van der Waals surface area contributed by atoms with E-state index in [2.05, 4.69) is 22.8 Å². The van der Waals surface area contributed by atoms with Crippen molar-refractivity contribution < 1.29 is 4.79 Å². The van der Waals surface area contributed by atoms with E-state index in [-0.39, 0.29) is 5.91 Å². The van der Waals surface area contributed by atoms with Gasteiger partial charge in [0, 0.05) is 23.0 Å². The maximum atomic E-state index is 12.8. The Bertz CT molecular complexity index is 834. The summed E-state index contributed by atoms with van der Waals surface area (Å²) in [6.07, 6.45) is 7.38. The highest BCUT2D eigenvalue weighted by Crippen LogP contribution is 2.37. The van der Waals surface area contributed by atoms with Crippen molar-refractivity contribution in [1.29, 1.82) is 0 Å². The molecule has 0 atom stereocenters. The normalized spacial score (nSPS) is 19.5. The molecule has 2 aromatic rings. The number of nitrogens with one attached hydrogen (secondary N) is 2. The van der Waals surface area contributed by atoms with E-state index >= 15 is 0 Å². The van der Waals surface area contributed by atoms with Crippen LogP contribution in [0.15, 0.2) is 48.5 Å². The Hall–Kier alpha value is -2.75. The van der Waals surface area contributed by atoms with E-state index in [1.165, 1.54) is 25.7 Å². The minimum atomic E-state index is -0.0643. The Morgan fingerprint density at radius 1 is 1.00 bits per heavy atom. The molecule has 4 heteroatoms. The highest BCUT2D eigenvalue weighted by molar-refractivity contribution is 6.36. The van der Waals surface area contributed by atoms with Crippen LogP contribution < -0.4 is 16.4 Å². The van der Waals surface area contributed by atoms with E-state index in [0.717, 1.165) is 35.4 Å². The number of benzene rings is 2. The molecule has 0 unspecified atom stereocenters. The zero-order chi connectivity index (χ0) is 17.9. The van der Waals surface area contributed by atoms with Crippen molar-refractivity contribution in [3.8, 4) is 0 Å². The van der Waals surface area contributed by atoms with E-state index in [0.29, 0.717) is 17.3 Å². The van der Waals surface area contributed by atoms with Gasteiger partial charge >= 0.3 is 0 Å². The van der Waals surface area contributed by atoms with Gasteiger partial charge in [-0.25, -0.2) is 0 Å². The molecule has 4 nitrogen and oxygen atoms in total. The molecule has 0 aromatic heterocycles. The van der Waals surface area contributed by atoms with Crippen molar-refractivity contribution in [3.05, 3.63) is 59.7 Å². The van der Waals surface area contributed by atoms with Crippen LogP contribution in [0, 0.1) is 0 Å². The zero-order valence-electron chi connectivity index (χ0n) is 14.9. The molecule has 1 amide bonds. The Kier molecular flexibility index (Phi) is 4.65. The predicted octanol–water partition coefficient (Wildman–Crippen LogP) is 4.40. The third-order valence-electron chi connectivity index (χ3n) is 5.30. The number of anilines is 2. The van der Waals surface area contributed by atoms with Gasteiger partial charge in [-0.3, -0.25) is 4.79 Å². The summed E-state index contributed by atoms with van der Waals surface area (Å²) in [5.41, 5.74) is 11.0. The van der Waals surface area contributed by atoms with Crippen LogP contribution in [0.5, 0.6) is 0 Å². The van der Waals surface area contributed by atoms with Gasteiger partial charge in [0.05, 0.1) is 11.3 Å². The third kappa shape index (κ3) is 3.32. The highest BCUT2D eigenvalue weighted by Gasteiger charge is 2.29. The molecule has 2 aliphatic rings. The molecule has 1 aliphatic heterocycles. The lowest BCUT2D eigenvalue weighted by molar-refractivity contribution is -0.110. The highest BCUT2D eigenvalue weighted by atomic mass is 16.2. The summed E-state index contributed by atoms with van der Waals surface area (Å²) in [4.78, 5) is 12.8. The smallest absolute Gasteiger partial charge is 0.258 e. The van der Waals surface area contributed by atoms with Gasteiger partial charge in [-0.2, -0.15) is 0 Å². The number of amides is 1. The summed E-state index contributed by atoms with van der Waals surface area (Å²) in [5.74, 6) is -0.0643. The average molecular weight is 347 g/mol. The topological polar surface area (TPSA) is 67.1 Å². The number of carbonyl (C=O) groups excluding carboxylic acids is 1. The van der Waals surface area contributed by atoms with Gasteiger partial charge in [-0.15, -0.1) is 0 Å². The summed E-state index contributed by atoms with van der Waals surface area (Å²) in [5, 5.41) is 6.71. The van der Waals surface area contributed by atoms with Gasteiger partial charge in [0.25, 0.3) is 5.91 Å². The molecule has 0 spiro atoms. The second-order valence-electron chi connectivity index (χ2n) is 7.21. The first-order valence-electron chi connectivity index (χ1n) is 9.50. The molecule has 1 aliphatic carbocycles. The van der Waals surface area contributed by atoms with Gasteiger partial charge in [-0.05, 0) is 36.6 Å². The molecular formula is C22H25N3O. The molecular weight excluding hydrogens is 322 g/mol. The number of nitrogens with two attached hydrogens (primary N) is 1. The van der Waals surface area contributed by atoms with Crippen LogP contribution in [-0.2, 0) is 4.79 Å². The lowest BCUT2D eigenvalue weighted by Crippen LogP contribution is -2.28. The predicted molar refractivity (Wildman–Crippen MR) is 107 cm³/mol. The number of fused-ring (bicyclic) bond motifs is 1. The Morgan fingerprint density at radius 3 is 2.46 bits per heavy atom. The first-order valence-corrected chi connectivity index (χ1v) is 9.50. The number of hydrogen-bond donors (Lipinski definition) is 3. The molecule has 1 saturated carbocycles. The number of carbonyl (C=O) groups is 1. The number of nitrogen functional groups attached to an aromatic ring is 1. The fourth-order valence-corrected chi connectivity index (χ4v) is 3.97. The van der Waals surface area contributed by atoms with E-state index < -0.39 is 0 Å². The van der Waals surface area contributed by atoms with E-state index in [1.54, 1.807) is 0 Å². The van der Waals surface area contributed by atoms with Gasteiger partial charge in [0.2, 0.25) is 0 Å². The molecule has 0 radical (unpaired) electrons. The fraction of sp³-hybridized carbons (Fsp3) is 0.318. The first kappa shape index (κ1) is 16.7. The molecule has 26 heavy (non-hydrogen) atoms. The molecule has 1 heterocycles. The van der Waals surface area contributed by atoms with Gasteiger partial charge in [0.15, 0.2) is 0 Å². The molecule has 4 N–H and O–H groups in total. The average Bonchev–Trinajstić information content (AvgIpc) is 2.82. The molecule has 0 saturated heterocycles. The maximum absolute atomic E-state index is 12.8. The minimum Gasteiger partial charge on any atom is -0.399 e. The van der Waals surface area contributed by atoms with Crippen molar-refractivity contribution in [3.63, 3.8) is 0 Å². The van der Waals surface area contributed by atoms with Crippen molar-refractivity contribution >= 4 is 28.6 Å². The van der Waals surface area contributed by atoms with Crippen LogP contribution in [0.2, 0.25) is 0 Å². The second-order valence-corrected chi connectivity index (χ2v) is 7.21. The van der Waals surface area contributed by atoms with Crippen LogP contribution in [-0.4, -0.2) is 11.9 Å². The van der Waals surface area contributed by atoms with Gasteiger partial charge < -0.3 is 16.4 Å². The van der Waals surface area contributed by atoms with E-state index in [9.17, 15) is 4.79 Å². The Labute approximate surface area is 154 Å². The number of hydrogen-bond acceptors (Lipinski definition) is 3. The quantitative estimate of drug-likeness (QED) is 0.438. The van der Waals surface area contributed by atoms with Crippen LogP contribution in [0.1, 0.15) is 49.7 Å². The Balaban J connectivity index is 1.81. The lowest BCUT2D eigenvalue weighted by Gasteiger charge is -2.22. The van der Waals surface area contributed by atoms with E-state index in [1.807, 2.05) is 36.4 Å². The molecule has 1 fully saturated rings. The van der Waals surface area contributed by atoms with Crippen molar-refractivity contribution in [2.24, 2.45) is 0 Å². The van der Waals surface area contributed by atoms with Crippen LogP contribution in [0.25, 0.3) is 11.3 Å². The summed E-state index contributed by atoms with van der Waals surface area (Å²) < 4.78 is 0. The van der Waals surface area contributed by atoms with Crippen molar-refractivity contribution in [2.75, 3.05) is 11.1 Å². The largest absolute Gasteiger partial charge is 0.399 e. The van der Waals surface area contributed by atoms with Gasteiger partial charge in [0.1, 0.15) is 0 Å². The van der Waals surface area contributed by atoms with E-state index in [4.69, 9.17) is 5.73 Å². The third-order valence-corrected chi connectivity index (χ3v) is 5.30. The second kappa shape index (κ2) is 7.24. The first-order chi connectivity index (χ1) is 12.7. The summed E-state index contributed by atoms with van der Waals surface area (Å²) in [6.45, 7) is 0. The zero-order valence-corrected chi connectivity index (χ0v) is 14.9. The Morgan fingerprint density at radius 2 is 1.73 bits per heavy atom. The SMILES string of the molecule is Nc1ccc2c(c1)/C(=C(/NC1CCCCCC1)c1ccccc1)C(=O)N2. The minimum absolute atomic E-state index is 0.0643. The standard InChI is InChI=1S/C22H25N3O/c23-16-12-13-19-18(14-16)20(22(26)25-19)21(15-8-4-3-5-9-15)24-17-10-6-1-2-7-11-17/h3-5,8-9,12-14,17,24H,1-2,6-7,10-11,23H2,(H,25,26)/b21-20-.